The molecule has 1 aliphatic heterocycles. The molecule has 1 heterocycles. The Morgan fingerprint density at radius 2 is 1.79 bits per heavy atom. The van der Waals surface area contributed by atoms with Crippen molar-refractivity contribution in [3.8, 4) is 0 Å². The van der Waals surface area contributed by atoms with Gasteiger partial charge in [-0.25, -0.2) is 13.2 Å². The van der Waals surface area contributed by atoms with Crippen LogP contribution in [0.2, 0.25) is 0 Å². The number of carbonyl (C=O) groups excluding carboxylic acids is 2. The van der Waals surface area contributed by atoms with Gasteiger partial charge in [-0.05, 0) is 61.4 Å². The van der Waals surface area contributed by atoms with Crippen LogP contribution < -0.4 is 9.62 Å². The highest BCUT2D eigenvalue weighted by atomic mass is 32.2. The van der Waals surface area contributed by atoms with E-state index in [-0.39, 0.29) is 11.7 Å². The van der Waals surface area contributed by atoms with E-state index < -0.39 is 16.0 Å². The second-order valence-electron chi connectivity index (χ2n) is 6.45. The van der Waals surface area contributed by atoms with Crippen LogP contribution in [0.4, 0.5) is 11.4 Å². The summed E-state index contributed by atoms with van der Waals surface area (Å²) in [6.45, 7) is 2.53. The van der Waals surface area contributed by atoms with Gasteiger partial charge in [0.25, 0.3) is 5.91 Å². The first-order valence-corrected chi connectivity index (χ1v) is 10.9. The zero-order valence-electron chi connectivity index (χ0n) is 16.0. The first-order chi connectivity index (χ1) is 13.9. The summed E-state index contributed by atoms with van der Waals surface area (Å²) in [5.41, 5.74) is 2.40. The van der Waals surface area contributed by atoms with Crippen molar-refractivity contribution < 1.29 is 22.7 Å². The molecule has 2 aromatic carbocycles. The summed E-state index contributed by atoms with van der Waals surface area (Å²) in [5, 5.41) is 2.79. The molecule has 0 unspecified atom stereocenters. The lowest BCUT2D eigenvalue weighted by Gasteiger charge is -2.17. The van der Waals surface area contributed by atoms with Gasteiger partial charge in [0.1, 0.15) is 0 Å². The largest absolute Gasteiger partial charge is 0.463 e. The summed E-state index contributed by atoms with van der Waals surface area (Å²) in [4.78, 5) is 23.8. The zero-order valence-corrected chi connectivity index (χ0v) is 16.8. The molecule has 1 N–H and O–H groups in total. The Hall–Kier alpha value is -3.13. The van der Waals surface area contributed by atoms with Gasteiger partial charge in [0.2, 0.25) is 10.0 Å². The van der Waals surface area contributed by atoms with Crippen molar-refractivity contribution in [3.05, 3.63) is 65.7 Å². The van der Waals surface area contributed by atoms with Crippen LogP contribution in [0.1, 0.15) is 29.3 Å². The minimum absolute atomic E-state index is 0.153. The predicted octanol–water partition coefficient (Wildman–Crippen LogP) is 3.06. The quantitative estimate of drug-likeness (QED) is 0.579. The molecule has 0 radical (unpaired) electrons. The van der Waals surface area contributed by atoms with E-state index in [0.29, 0.717) is 36.5 Å². The van der Waals surface area contributed by atoms with Gasteiger partial charge in [-0.1, -0.05) is 12.1 Å². The third-order valence-corrected chi connectivity index (χ3v) is 6.25. The number of hydrogen-bond donors (Lipinski definition) is 1. The number of nitrogens with one attached hydrogen (secondary N) is 1. The fraction of sp³-hybridized carbons (Fsp3) is 0.238. The first-order valence-electron chi connectivity index (χ1n) is 9.26. The first kappa shape index (κ1) is 20.6. The number of ether oxygens (including phenoxy) is 1. The lowest BCUT2D eigenvalue weighted by Crippen LogP contribution is -2.25. The highest BCUT2D eigenvalue weighted by Crippen LogP contribution is 2.24. The minimum atomic E-state index is -3.24. The van der Waals surface area contributed by atoms with Crippen LogP contribution in [0.15, 0.2) is 54.6 Å². The van der Waals surface area contributed by atoms with E-state index in [9.17, 15) is 18.0 Å². The smallest absolute Gasteiger partial charge is 0.330 e. The topological polar surface area (TPSA) is 92.8 Å². The SMILES string of the molecule is CCOC(=O)/C=C/c1ccc(NC(=O)c2ccc(N3CCCS3(=O)=O)cc2)cc1. The molecule has 0 spiro atoms. The number of amides is 1. The van der Waals surface area contributed by atoms with Gasteiger partial charge in [0.15, 0.2) is 0 Å². The van der Waals surface area contributed by atoms with Gasteiger partial charge >= 0.3 is 5.97 Å². The molecule has 152 valence electrons. The van der Waals surface area contributed by atoms with Gasteiger partial charge in [0.05, 0.1) is 18.0 Å². The van der Waals surface area contributed by atoms with Crippen LogP contribution in [-0.2, 0) is 19.6 Å². The van der Waals surface area contributed by atoms with Gasteiger partial charge in [0, 0.05) is 23.9 Å². The van der Waals surface area contributed by atoms with Gasteiger partial charge in [-0.15, -0.1) is 0 Å². The molecule has 8 heteroatoms. The maximum atomic E-state index is 12.4. The van der Waals surface area contributed by atoms with Crippen molar-refractivity contribution in [2.45, 2.75) is 13.3 Å². The Morgan fingerprint density at radius 1 is 1.10 bits per heavy atom. The van der Waals surface area contributed by atoms with Crippen molar-refractivity contribution in [2.75, 3.05) is 28.5 Å². The van der Waals surface area contributed by atoms with E-state index in [1.54, 1.807) is 61.5 Å². The second-order valence-corrected chi connectivity index (χ2v) is 8.46. The Balaban J connectivity index is 1.62. The number of sulfonamides is 1. The standard InChI is InChI=1S/C21H22N2O5S/c1-2-28-20(24)13-6-16-4-9-18(10-5-16)22-21(25)17-7-11-19(12-8-17)23-14-3-15-29(23,26)27/h4-13H,2-3,14-15H2,1H3,(H,22,25)/b13-6+. The van der Waals surface area contributed by atoms with E-state index in [1.807, 2.05) is 0 Å². The normalized spacial score (nSPS) is 15.4. The Bertz CT molecular complexity index is 1010. The molecule has 1 saturated heterocycles. The molecule has 0 saturated carbocycles. The molecule has 0 aliphatic carbocycles. The maximum absolute atomic E-state index is 12.4. The molecular formula is C21H22N2O5S. The Labute approximate surface area is 170 Å². The molecule has 3 rings (SSSR count). The molecule has 2 aromatic rings. The van der Waals surface area contributed by atoms with Crippen LogP contribution in [-0.4, -0.2) is 39.2 Å². The van der Waals surface area contributed by atoms with Crippen molar-refractivity contribution in [3.63, 3.8) is 0 Å². The van der Waals surface area contributed by atoms with Crippen LogP contribution in [0.25, 0.3) is 6.08 Å². The number of hydrogen-bond acceptors (Lipinski definition) is 5. The molecule has 0 bridgehead atoms. The Morgan fingerprint density at radius 3 is 2.38 bits per heavy atom. The molecular weight excluding hydrogens is 392 g/mol. The van der Waals surface area contributed by atoms with Gasteiger partial charge in [-0.3, -0.25) is 9.10 Å². The summed E-state index contributed by atoms with van der Waals surface area (Å²) in [6, 6.07) is 13.5. The number of rotatable bonds is 6. The van der Waals surface area contributed by atoms with Crippen LogP contribution in [0.3, 0.4) is 0 Å². The molecule has 29 heavy (non-hydrogen) atoms. The zero-order chi connectivity index (χ0) is 20.9. The number of esters is 1. The molecule has 1 amide bonds. The summed E-state index contributed by atoms with van der Waals surface area (Å²) >= 11 is 0. The molecule has 0 aromatic heterocycles. The minimum Gasteiger partial charge on any atom is -0.463 e. The summed E-state index contributed by atoms with van der Waals surface area (Å²) in [5.74, 6) is -0.550. The number of anilines is 2. The average Bonchev–Trinajstić information content (AvgIpc) is 3.07. The molecule has 7 nitrogen and oxygen atoms in total. The van der Waals surface area contributed by atoms with Crippen molar-refractivity contribution in [1.29, 1.82) is 0 Å². The van der Waals surface area contributed by atoms with E-state index >= 15 is 0 Å². The maximum Gasteiger partial charge on any atom is 0.330 e. The lowest BCUT2D eigenvalue weighted by molar-refractivity contribution is -0.137. The van der Waals surface area contributed by atoms with Crippen molar-refractivity contribution >= 4 is 39.4 Å². The number of nitrogens with zero attached hydrogens (tertiary/aromatic N) is 1. The van der Waals surface area contributed by atoms with E-state index in [2.05, 4.69) is 5.32 Å². The van der Waals surface area contributed by atoms with Crippen LogP contribution in [0, 0.1) is 0 Å². The summed E-state index contributed by atoms with van der Waals surface area (Å²) in [6.07, 6.45) is 3.59. The van der Waals surface area contributed by atoms with E-state index in [0.717, 1.165) is 5.56 Å². The highest BCUT2D eigenvalue weighted by Gasteiger charge is 2.28. The lowest BCUT2D eigenvalue weighted by atomic mass is 10.1. The molecule has 1 fully saturated rings. The highest BCUT2D eigenvalue weighted by molar-refractivity contribution is 7.93. The van der Waals surface area contributed by atoms with Gasteiger partial charge < -0.3 is 10.1 Å². The van der Waals surface area contributed by atoms with Gasteiger partial charge in [-0.2, -0.15) is 0 Å². The number of carbonyl (C=O) groups is 2. The third kappa shape index (κ3) is 5.23. The van der Waals surface area contributed by atoms with Crippen molar-refractivity contribution in [2.24, 2.45) is 0 Å². The van der Waals surface area contributed by atoms with E-state index in [1.165, 1.54) is 10.4 Å². The predicted molar refractivity (Wildman–Crippen MR) is 112 cm³/mol. The fourth-order valence-corrected chi connectivity index (χ4v) is 4.51. The average molecular weight is 414 g/mol. The van der Waals surface area contributed by atoms with Crippen LogP contribution >= 0.6 is 0 Å². The molecule has 1 aliphatic rings. The van der Waals surface area contributed by atoms with E-state index in [4.69, 9.17) is 4.74 Å². The fourth-order valence-electron chi connectivity index (χ4n) is 2.94. The number of benzene rings is 2. The van der Waals surface area contributed by atoms with Crippen LogP contribution in [0.5, 0.6) is 0 Å². The third-order valence-electron chi connectivity index (χ3n) is 4.38. The second kappa shape index (κ2) is 8.91. The Kier molecular flexibility index (Phi) is 6.33. The summed E-state index contributed by atoms with van der Waals surface area (Å²) < 4.78 is 30.2. The summed E-state index contributed by atoms with van der Waals surface area (Å²) in [7, 11) is -3.24. The molecule has 0 atom stereocenters. The monoisotopic (exact) mass is 414 g/mol. The van der Waals surface area contributed by atoms with Crippen molar-refractivity contribution in [1.82, 2.24) is 0 Å².